The zero-order chi connectivity index (χ0) is 17.4. The zero-order valence-corrected chi connectivity index (χ0v) is 14.4. The largest absolute Gasteiger partial charge is 0.338 e. The van der Waals surface area contributed by atoms with Gasteiger partial charge in [0, 0.05) is 31.7 Å². The van der Waals surface area contributed by atoms with Crippen LogP contribution in [-0.4, -0.2) is 29.8 Å². The van der Waals surface area contributed by atoms with E-state index in [1.165, 1.54) is 11.1 Å². The number of anilines is 1. The highest BCUT2D eigenvalue weighted by molar-refractivity contribution is 6.00. The number of benzene rings is 2. The van der Waals surface area contributed by atoms with Gasteiger partial charge in [-0.15, -0.1) is 0 Å². The highest BCUT2D eigenvalue weighted by Crippen LogP contribution is 2.31. The van der Waals surface area contributed by atoms with Gasteiger partial charge in [-0.2, -0.15) is 0 Å². The molecule has 0 radical (unpaired) electrons. The lowest BCUT2D eigenvalue weighted by atomic mass is 10.1. The number of likely N-dealkylation sites (tertiary alicyclic amines) is 1. The van der Waals surface area contributed by atoms with E-state index in [1.54, 1.807) is 0 Å². The number of hydrogen-bond donors (Lipinski definition) is 0. The third-order valence-corrected chi connectivity index (χ3v) is 5.21. The molecule has 2 aliphatic rings. The van der Waals surface area contributed by atoms with Crippen molar-refractivity contribution in [1.29, 1.82) is 0 Å². The maximum Gasteiger partial charge on any atom is 0.232 e. The number of rotatable bonds is 3. The SMILES string of the molecule is Cc1ccc(CN2C[C@@H](C(=O)N3CCc4ccccc43)CC2=O)cc1. The van der Waals surface area contributed by atoms with Crippen molar-refractivity contribution in [2.45, 2.75) is 26.3 Å². The van der Waals surface area contributed by atoms with Crippen molar-refractivity contribution in [3.05, 3.63) is 65.2 Å². The Balaban J connectivity index is 1.45. The minimum absolute atomic E-state index is 0.0754. The fourth-order valence-electron chi connectivity index (χ4n) is 3.79. The van der Waals surface area contributed by atoms with E-state index in [0.717, 1.165) is 24.2 Å². The predicted octanol–water partition coefficient (Wildman–Crippen LogP) is 2.93. The number of nitrogens with zero attached hydrogens (tertiary/aromatic N) is 2. The summed E-state index contributed by atoms with van der Waals surface area (Å²) in [5.74, 6) is -0.0692. The van der Waals surface area contributed by atoms with Crippen LogP contribution in [0, 0.1) is 12.8 Å². The van der Waals surface area contributed by atoms with Gasteiger partial charge in [0.05, 0.1) is 5.92 Å². The molecule has 4 heteroatoms. The molecule has 0 spiro atoms. The van der Waals surface area contributed by atoms with E-state index in [9.17, 15) is 9.59 Å². The first-order valence-corrected chi connectivity index (χ1v) is 8.84. The number of aryl methyl sites for hydroxylation is 1. The second-order valence-electron chi connectivity index (χ2n) is 7.03. The van der Waals surface area contributed by atoms with Crippen LogP contribution in [0.5, 0.6) is 0 Å². The summed E-state index contributed by atoms with van der Waals surface area (Å²) >= 11 is 0. The maximum atomic E-state index is 12.9. The summed E-state index contributed by atoms with van der Waals surface area (Å²) in [5.41, 5.74) is 4.55. The van der Waals surface area contributed by atoms with E-state index >= 15 is 0 Å². The fourth-order valence-corrected chi connectivity index (χ4v) is 3.79. The van der Waals surface area contributed by atoms with E-state index < -0.39 is 0 Å². The summed E-state index contributed by atoms with van der Waals surface area (Å²) in [5, 5.41) is 0. The van der Waals surface area contributed by atoms with E-state index in [2.05, 4.69) is 30.3 Å². The van der Waals surface area contributed by atoms with Crippen molar-refractivity contribution in [2.24, 2.45) is 5.92 Å². The van der Waals surface area contributed by atoms with Crippen LogP contribution in [0.1, 0.15) is 23.1 Å². The van der Waals surface area contributed by atoms with Gasteiger partial charge in [0.2, 0.25) is 11.8 Å². The number of carbonyl (C=O) groups is 2. The molecule has 0 bridgehead atoms. The molecule has 1 saturated heterocycles. The summed E-state index contributed by atoms with van der Waals surface area (Å²) in [6, 6.07) is 16.3. The van der Waals surface area contributed by atoms with Gasteiger partial charge >= 0.3 is 0 Å². The monoisotopic (exact) mass is 334 g/mol. The molecule has 2 amide bonds. The number of hydrogen-bond acceptors (Lipinski definition) is 2. The van der Waals surface area contributed by atoms with Crippen LogP contribution in [0.2, 0.25) is 0 Å². The molecule has 2 aliphatic heterocycles. The van der Waals surface area contributed by atoms with Crippen LogP contribution in [-0.2, 0) is 22.6 Å². The van der Waals surface area contributed by atoms with Crippen LogP contribution in [0.25, 0.3) is 0 Å². The van der Waals surface area contributed by atoms with Crippen LogP contribution in [0.4, 0.5) is 5.69 Å². The zero-order valence-electron chi connectivity index (χ0n) is 14.4. The molecule has 0 aromatic heterocycles. The van der Waals surface area contributed by atoms with Gasteiger partial charge < -0.3 is 9.80 Å². The van der Waals surface area contributed by atoms with E-state index in [4.69, 9.17) is 0 Å². The van der Waals surface area contributed by atoms with Crippen LogP contribution < -0.4 is 4.90 Å². The summed E-state index contributed by atoms with van der Waals surface area (Å²) in [7, 11) is 0. The van der Waals surface area contributed by atoms with Gasteiger partial charge in [0.1, 0.15) is 0 Å². The van der Waals surface area contributed by atoms with Crippen molar-refractivity contribution >= 4 is 17.5 Å². The molecule has 0 saturated carbocycles. The average Bonchev–Trinajstić information content (AvgIpc) is 3.20. The molecule has 128 valence electrons. The van der Waals surface area contributed by atoms with Crippen molar-refractivity contribution in [3.8, 4) is 0 Å². The predicted molar refractivity (Wildman–Crippen MR) is 97.2 cm³/mol. The van der Waals surface area contributed by atoms with Crippen LogP contribution >= 0.6 is 0 Å². The van der Waals surface area contributed by atoms with Crippen molar-refractivity contribution in [1.82, 2.24) is 4.90 Å². The normalized spacial score (nSPS) is 19.4. The smallest absolute Gasteiger partial charge is 0.232 e. The van der Waals surface area contributed by atoms with E-state index in [0.29, 0.717) is 19.5 Å². The lowest BCUT2D eigenvalue weighted by Crippen LogP contribution is -2.36. The first kappa shape index (κ1) is 15.9. The number of para-hydroxylation sites is 1. The van der Waals surface area contributed by atoms with Crippen molar-refractivity contribution in [3.63, 3.8) is 0 Å². The Kier molecular flexibility index (Phi) is 4.04. The second kappa shape index (κ2) is 6.36. The molecule has 4 rings (SSSR count). The Labute approximate surface area is 148 Å². The molecular weight excluding hydrogens is 312 g/mol. The average molecular weight is 334 g/mol. The first-order valence-electron chi connectivity index (χ1n) is 8.84. The highest BCUT2D eigenvalue weighted by atomic mass is 16.2. The molecule has 25 heavy (non-hydrogen) atoms. The van der Waals surface area contributed by atoms with Gasteiger partial charge in [-0.1, -0.05) is 48.0 Å². The molecule has 0 N–H and O–H groups in total. The molecular formula is C21H22N2O2. The minimum atomic E-state index is -0.232. The Morgan fingerprint density at radius 3 is 2.68 bits per heavy atom. The summed E-state index contributed by atoms with van der Waals surface area (Å²) < 4.78 is 0. The quantitative estimate of drug-likeness (QED) is 0.866. The molecule has 0 aliphatic carbocycles. The topological polar surface area (TPSA) is 40.6 Å². The van der Waals surface area contributed by atoms with E-state index in [1.807, 2.05) is 34.9 Å². The molecule has 4 nitrogen and oxygen atoms in total. The number of carbonyl (C=O) groups excluding carboxylic acids is 2. The lowest BCUT2D eigenvalue weighted by molar-refractivity contribution is -0.128. The molecule has 1 fully saturated rings. The summed E-state index contributed by atoms with van der Waals surface area (Å²) in [6.07, 6.45) is 1.22. The Hall–Kier alpha value is -2.62. The van der Waals surface area contributed by atoms with Gasteiger partial charge in [-0.05, 0) is 30.5 Å². The van der Waals surface area contributed by atoms with Crippen LogP contribution in [0.3, 0.4) is 0 Å². The third kappa shape index (κ3) is 3.04. The Bertz CT molecular complexity index is 813. The first-order chi connectivity index (χ1) is 12.1. The molecule has 0 unspecified atom stereocenters. The van der Waals surface area contributed by atoms with E-state index in [-0.39, 0.29) is 17.7 Å². The lowest BCUT2D eigenvalue weighted by Gasteiger charge is -2.21. The van der Waals surface area contributed by atoms with Crippen LogP contribution in [0.15, 0.2) is 48.5 Å². The van der Waals surface area contributed by atoms with Gasteiger partial charge in [-0.25, -0.2) is 0 Å². The number of amides is 2. The Morgan fingerprint density at radius 1 is 1.12 bits per heavy atom. The Morgan fingerprint density at radius 2 is 1.88 bits per heavy atom. The van der Waals surface area contributed by atoms with Crippen molar-refractivity contribution < 1.29 is 9.59 Å². The second-order valence-corrected chi connectivity index (χ2v) is 7.03. The fraction of sp³-hybridized carbons (Fsp3) is 0.333. The molecule has 1 atom stereocenters. The minimum Gasteiger partial charge on any atom is -0.338 e. The molecule has 2 aromatic rings. The summed E-state index contributed by atoms with van der Waals surface area (Å²) in [4.78, 5) is 29.0. The molecule has 2 heterocycles. The molecule has 2 aromatic carbocycles. The van der Waals surface area contributed by atoms with Crippen molar-refractivity contribution in [2.75, 3.05) is 18.0 Å². The third-order valence-electron chi connectivity index (χ3n) is 5.21. The van der Waals surface area contributed by atoms with Gasteiger partial charge in [0.25, 0.3) is 0 Å². The standard InChI is InChI=1S/C21H22N2O2/c1-15-6-8-16(9-7-15)13-22-14-18(12-20(22)24)21(25)23-11-10-17-4-2-3-5-19(17)23/h2-9,18H,10-14H2,1H3/t18-/m0/s1. The van der Waals surface area contributed by atoms with Gasteiger partial charge in [0.15, 0.2) is 0 Å². The van der Waals surface area contributed by atoms with Gasteiger partial charge in [-0.3, -0.25) is 9.59 Å². The maximum absolute atomic E-state index is 12.9. The summed E-state index contributed by atoms with van der Waals surface area (Å²) in [6.45, 7) is 3.87. The highest BCUT2D eigenvalue weighted by Gasteiger charge is 2.38. The number of fused-ring (bicyclic) bond motifs is 1.